The molecule has 0 heterocycles. The van der Waals surface area contributed by atoms with Gasteiger partial charge in [0.05, 0.1) is 11.6 Å². The standard InChI is InChI=1S/C15H11ClF2N2O2/c16-12-7-11(4-5-13(12)18)20-14(21)8-19-15(22)9-2-1-3-10(17)6-9/h1-7H,8H2,(H,19,22)(H,20,21). The van der Waals surface area contributed by atoms with Crippen LogP contribution in [0, 0.1) is 11.6 Å². The van der Waals surface area contributed by atoms with Crippen LogP contribution in [0.5, 0.6) is 0 Å². The summed E-state index contributed by atoms with van der Waals surface area (Å²) in [6.45, 7) is -0.315. The van der Waals surface area contributed by atoms with Crippen LogP contribution in [-0.4, -0.2) is 18.4 Å². The number of rotatable bonds is 4. The Hall–Kier alpha value is -2.47. The van der Waals surface area contributed by atoms with Gasteiger partial charge in [-0.25, -0.2) is 8.78 Å². The summed E-state index contributed by atoms with van der Waals surface area (Å²) in [5, 5.41) is 4.67. The smallest absolute Gasteiger partial charge is 0.251 e. The molecule has 4 nitrogen and oxygen atoms in total. The molecule has 0 aliphatic carbocycles. The average molecular weight is 325 g/mol. The second-order valence-corrected chi connectivity index (χ2v) is 4.78. The Morgan fingerprint density at radius 3 is 2.55 bits per heavy atom. The summed E-state index contributed by atoms with van der Waals surface area (Å²) in [5.41, 5.74) is 0.411. The van der Waals surface area contributed by atoms with Crippen molar-refractivity contribution in [3.05, 3.63) is 64.7 Å². The maximum absolute atomic E-state index is 13.0. The SMILES string of the molecule is O=C(CNC(=O)c1cccc(F)c1)Nc1ccc(F)c(Cl)c1. The van der Waals surface area contributed by atoms with E-state index < -0.39 is 23.4 Å². The first-order chi connectivity index (χ1) is 10.5. The van der Waals surface area contributed by atoms with Crippen molar-refractivity contribution in [2.75, 3.05) is 11.9 Å². The predicted octanol–water partition coefficient (Wildman–Crippen LogP) is 2.99. The number of hydrogen-bond acceptors (Lipinski definition) is 2. The molecule has 0 saturated carbocycles. The van der Waals surface area contributed by atoms with Gasteiger partial charge in [-0.15, -0.1) is 0 Å². The minimum absolute atomic E-state index is 0.109. The maximum Gasteiger partial charge on any atom is 0.251 e. The number of carbonyl (C=O) groups excluding carboxylic acids is 2. The molecule has 0 fully saturated rings. The molecule has 0 atom stereocenters. The van der Waals surface area contributed by atoms with Crippen molar-refractivity contribution in [3.63, 3.8) is 0 Å². The van der Waals surface area contributed by atoms with Gasteiger partial charge in [0.1, 0.15) is 11.6 Å². The number of halogens is 3. The molecule has 2 aromatic rings. The topological polar surface area (TPSA) is 58.2 Å². The molecule has 0 aromatic heterocycles. The van der Waals surface area contributed by atoms with Crippen molar-refractivity contribution in [2.24, 2.45) is 0 Å². The van der Waals surface area contributed by atoms with Crippen LogP contribution in [0.25, 0.3) is 0 Å². The highest BCUT2D eigenvalue weighted by Crippen LogP contribution is 2.19. The third kappa shape index (κ3) is 4.26. The lowest BCUT2D eigenvalue weighted by Crippen LogP contribution is -2.32. The summed E-state index contributed by atoms with van der Waals surface area (Å²) < 4.78 is 26.0. The largest absolute Gasteiger partial charge is 0.343 e. The van der Waals surface area contributed by atoms with E-state index >= 15 is 0 Å². The molecule has 2 rings (SSSR count). The molecule has 0 aliphatic heterocycles. The Bertz CT molecular complexity index is 722. The van der Waals surface area contributed by atoms with Crippen molar-refractivity contribution in [1.29, 1.82) is 0 Å². The van der Waals surface area contributed by atoms with Crippen molar-refractivity contribution >= 4 is 29.1 Å². The fourth-order valence-electron chi connectivity index (χ4n) is 1.67. The Morgan fingerprint density at radius 2 is 1.86 bits per heavy atom. The zero-order valence-electron chi connectivity index (χ0n) is 11.2. The van der Waals surface area contributed by atoms with Gasteiger partial charge < -0.3 is 10.6 Å². The Kier molecular flexibility index (Phi) is 5.06. The molecular formula is C15H11ClF2N2O2. The summed E-state index contributed by atoms with van der Waals surface area (Å²) in [6.07, 6.45) is 0. The van der Waals surface area contributed by atoms with Gasteiger partial charge in [-0.05, 0) is 36.4 Å². The molecule has 22 heavy (non-hydrogen) atoms. The van der Waals surface area contributed by atoms with Crippen molar-refractivity contribution in [2.45, 2.75) is 0 Å². The van der Waals surface area contributed by atoms with Gasteiger partial charge in [-0.2, -0.15) is 0 Å². The van der Waals surface area contributed by atoms with Crippen LogP contribution >= 0.6 is 11.6 Å². The van der Waals surface area contributed by atoms with Gasteiger partial charge in [0.15, 0.2) is 0 Å². The van der Waals surface area contributed by atoms with Crippen LogP contribution in [0.3, 0.4) is 0 Å². The van der Waals surface area contributed by atoms with E-state index in [1.807, 2.05) is 0 Å². The summed E-state index contributed by atoms with van der Waals surface area (Å²) >= 11 is 5.59. The molecule has 7 heteroatoms. The summed E-state index contributed by atoms with van der Waals surface area (Å²) in [5.74, 6) is -2.24. The first-order valence-electron chi connectivity index (χ1n) is 6.24. The van der Waals surface area contributed by atoms with Crippen molar-refractivity contribution < 1.29 is 18.4 Å². The van der Waals surface area contributed by atoms with E-state index in [0.717, 1.165) is 12.1 Å². The molecule has 0 aliphatic rings. The van der Waals surface area contributed by atoms with Gasteiger partial charge in [0.2, 0.25) is 5.91 Å². The van der Waals surface area contributed by atoms with Gasteiger partial charge in [-0.1, -0.05) is 17.7 Å². The lowest BCUT2D eigenvalue weighted by molar-refractivity contribution is -0.115. The Morgan fingerprint density at radius 1 is 1.09 bits per heavy atom. The predicted molar refractivity (Wildman–Crippen MR) is 78.8 cm³/mol. The molecule has 0 radical (unpaired) electrons. The van der Waals surface area contributed by atoms with Crippen LogP contribution in [-0.2, 0) is 4.79 Å². The molecule has 2 N–H and O–H groups in total. The van der Waals surface area contributed by atoms with E-state index in [2.05, 4.69) is 10.6 Å². The highest BCUT2D eigenvalue weighted by atomic mass is 35.5. The van der Waals surface area contributed by atoms with E-state index in [-0.39, 0.29) is 17.1 Å². The van der Waals surface area contributed by atoms with E-state index in [0.29, 0.717) is 5.69 Å². The van der Waals surface area contributed by atoms with E-state index in [1.165, 1.54) is 30.3 Å². The van der Waals surface area contributed by atoms with Crippen LogP contribution in [0.15, 0.2) is 42.5 Å². The fourth-order valence-corrected chi connectivity index (χ4v) is 1.85. The maximum atomic E-state index is 13.0. The molecular weight excluding hydrogens is 314 g/mol. The molecule has 0 spiro atoms. The van der Waals surface area contributed by atoms with Gasteiger partial charge in [0.25, 0.3) is 5.91 Å². The Labute approximate surface area is 130 Å². The molecule has 2 amide bonds. The Balaban J connectivity index is 1.90. The van der Waals surface area contributed by atoms with E-state index in [9.17, 15) is 18.4 Å². The van der Waals surface area contributed by atoms with E-state index in [4.69, 9.17) is 11.6 Å². The summed E-state index contributed by atoms with van der Waals surface area (Å²) in [6, 6.07) is 8.80. The number of anilines is 1. The second-order valence-electron chi connectivity index (χ2n) is 4.37. The molecule has 2 aromatic carbocycles. The molecule has 0 unspecified atom stereocenters. The zero-order chi connectivity index (χ0) is 16.1. The number of benzene rings is 2. The summed E-state index contributed by atoms with van der Waals surface area (Å²) in [7, 11) is 0. The van der Waals surface area contributed by atoms with Crippen LogP contribution in [0.4, 0.5) is 14.5 Å². The zero-order valence-corrected chi connectivity index (χ0v) is 12.0. The van der Waals surface area contributed by atoms with Crippen LogP contribution in [0.2, 0.25) is 5.02 Å². The highest BCUT2D eigenvalue weighted by molar-refractivity contribution is 6.31. The lowest BCUT2D eigenvalue weighted by atomic mass is 10.2. The summed E-state index contributed by atoms with van der Waals surface area (Å²) in [4.78, 5) is 23.4. The number of carbonyl (C=O) groups is 2. The molecule has 114 valence electrons. The quantitative estimate of drug-likeness (QED) is 0.908. The number of hydrogen-bond donors (Lipinski definition) is 2. The highest BCUT2D eigenvalue weighted by Gasteiger charge is 2.09. The lowest BCUT2D eigenvalue weighted by Gasteiger charge is -2.07. The second kappa shape index (κ2) is 7.00. The van der Waals surface area contributed by atoms with Crippen LogP contribution in [0.1, 0.15) is 10.4 Å². The van der Waals surface area contributed by atoms with Gasteiger partial charge in [-0.3, -0.25) is 9.59 Å². The monoisotopic (exact) mass is 324 g/mol. The third-order valence-corrected chi connectivity index (χ3v) is 2.99. The molecule has 0 saturated heterocycles. The van der Waals surface area contributed by atoms with E-state index in [1.54, 1.807) is 0 Å². The minimum Gasteiger partial charge on any atom is -0.343 e. The van der Waals surface area contributed by atoms with Gasteiger partial charge in [0, 0.05) is 11.3 Å². The fraction of sp³-hybridized carbons (Fsp3) is 0.0667. The average Bonchev–Trinajstić information content (AvgIpc) is 2.48. The van der Waals surface area contributed by atoms with Crippen molar-refractivity contribution in [3.8, 4) is 0 Å². The number of amides is 2. The minimum atomic E-state index is -0.598. The van der Waals surface area contributed by atoms with Gasteiger partial charge >= 0.3 is 0 Å². The first kappa shape index (κ1) is 15.9. The van der Waals surface area contributed by atoms with Crippen LogP contribution < -0.4 is 10.6 Å². The molecule has 0 bridgehead atoms. The third-order valence-electron chi connectivity index (χ3n) is 2.70. The van der Waals surface area contributed by atoms with Crippen molar-refractivity contribution in [1.82, 2.24) is 5.32 Å². The number of nitrogens with one attached hydrogen (secondary N) is 2. The first-order valence-corrected chi connectivity index (χ1v) is 6.62. The normalized spacial score (nSPS) is 10.1.